The summed E-state index contributed by atoms with van der Waals surface area (Å²) in [5, 5.41) is 9.39. The predicted octanol–water partition coefficient (Wildman–Crippen LogP) is 2.33. The van der Waals surface area contributed by atoms with Crippen molar-refractivity contribution in [3.05, 3.63) is 27.3 Å². The molecule has 88 valence electrons. The maximum Gasteiger partial charge on any atom is 0.255 e. The van der Waals surface area contributed by atoms with Crippen LogP contribution in [-0.4, -0.2) is 35.9 Å². The van der Waals surface area contributed by atoms with Gasteiger partial charge in [-0.1, -0.05) is 0 Å². The molecular formula is C10H10F2INO2. The number of hydrogen-bond acceptors (Lipinski definition) is 2. The number of amides is 1. The standard InChI is InChI=1S/C10H10F2INO2/c1-14(5-9(11)12)10(16)6-2-3-7(13)8(15)4-6/h2-4,9,15H,5H2,1H3. The molecule has 0 spiro atoms. The number of nitrogens with zero attached hydrogens (tertiary/aromatic N) is 1. The molecule has 0 aromatic heterocycles. The number of rotatable bonds is 3. The second kappa shape index (κ2) is 5.42. The lowest BCUT2D eigenvalue weighted by molar-refractivity contribution is 0.0620. The van der Waals surface area contributed by atoms with E-state index in [1.807, 2.05) is 22.6 Å². The minimum atomic E-state index is -2.56. The summed E-state index contributed by atoms with van der Waals surface area (Å²) in [7, 11) is 1.30. The van der Waals surface area contributed by atoms with E-state index in [0.717, 1.165) is 4.90 Å². The van der Waals surface area contributed by atoms with E-state index in [1.54, 1.807) is 6.07 Å². The third-order valence-corrected chi connectivity index (χ3v) is 2.86. The summed E-state index contributed by atoms with van der Waals surface area (Å²) < 4.78 is 24.7. The first-order chi connectivity index (χ1) is 7.41. The van der Waals surface area contributed by atoms with Crippen molar-refractivity contribution in [2.45, 2.75) is 6.43 Å². The Hall–Kier alpha value is -0.920. The van der Waals surface area contributed by atoms with Gasteiger partial charge >= 0.3 is 0 Å². The van der Waals surface area contributed by atoms with Gasteiger partial charge in [0.15, 0.2) is 0 Å². The number of carbonyl (C=O) groups excluding carboxylic acids is 1. The van der Waals surface area contributed by atoms with E-state index in [2.05, 4.69) is 0 Å². The Morgan fingerprint density at radius 2 is 2.19 bits per heavy atom. The summed E-state index contributed by atoms with van der Waals surface area (Å²) >= 11 is 1.91. The first-order valence-corrected chi connectivity index (χ1v) is 5.52. The third-order valence-electron chi connectivity index (χ3n) is 1.95. The second-order valence-corrected chi connectivity index (χ2v) is 4.41. The number of phenols is 1. The van der Waals surface area contributed by atoms with E-state index in [0.29, 0.717) is 3.57 Å². The molecule has 1 N–H and O–H groups in total. The van der Waals surface area contributed by atoms with Crippen molar-refractivity contribution in [1.29, 1.82) is 0 Å². The Labute approximate surface area is 105 Å². The van der Waals surface area contributed by atoms with Crippen molar-refractivity contribution in [3.8, 4) is 5.75 Å². The van der Waals surface area contributed by atoms with Crippen molar-refractivity contribution < 1.29 is 18.7 Å². The molecule has 1 aromatic rings. The summed E-state index contributed by atoms with van der Waals surface area (Å²) in [5.74, 6) is -0.566. The molecule has 6 heteroatoms. The quantitative estimate of drug-likeness (QED) is 0.858. The van der Waals surface area contributed by atoms with Gasteiger partial charge in [-0.2, -0.15) is 0 Å². The largest absolute Gasteiger partial charge is 0.507 e. The summed E-state index contributed by atoms with van der Waals surface area (Å²) in [6, 6.07) is 4.32. The van der Waals surface area contributed by atoms with Gasteiger partial charge in [0.1, 0.15) is 5.75 Å². The molecule has 0 fully saturated rings. The lowest BCUT2D eigenvalue weighted by Crippen LogP contribution is -2.31. The van der Waals surface area contributed by atoms with Crippen LogP contribution in [0.3, 0.4) is 0 Å². The minimum absolute atomic E-state index is 0.0307. The van der Waals surface area contributed by atoms with Crippen LogP contribution in [0.5, 0.6) is 5.75 Å². The Morgan fingerprint density at radius 1 is 1.56 bits per heavy atom. The molecule has 0 aliphatic carbocycles. The number of halogens is 3. The monoisotopic (exact) mass is 341 g/mol. The maximum atomic E-state index is 12.1. The van der Waals surface area contributed by atoms with Gasteiger partial charge < -0.3 is 10.0 Å². The minimum Gasteiger partial charge on any atom is -0.507 e. The molecular weight excluding hydrogens is 331 g/mol. The third kappa shape index (κ3) is 3.29. The Morgan fingerprint density at radius 3 is 2.69 bits per heavy atom. The first kappa shape index (κ1) is 13.1. The summed E-state index contributed by atoms with van der Waals surface area (Å²) in [6.45, 7) is -0.619. The van der Waals surface area contributed by atoms with Crippen LogP contribution in [0.15, 0.2) is 18.2 Å². The zero-order valence-electron chi connectivity index (χ0n) is 8.45. The fraction of sp³-hybridized carbons (Fsp3) is 0.300. The fourth-order valence-electron chi connectivity index (χ4n) is 1.16. The predicted molar refractivity (Wildman–Crippen MR) is 63.8 cm³/mol. The van der Waals surface area contributed by atoms with Crippen molar-refractivity contribution in [2.24, 2.45) is 0 Å². The first-order valence-electron chi connectivity index (χ1n) is 4.44. The van der Waals surface area contributed by atoms with Gasteiger partial charge in [-0.25, -0.2) is 8.78 Å². The van der Waals surface area contributed by atoms with Crippen molar-refractivity contribution in [2.75, 3.05) is 13.6 Å². The van der Waals surface area contributed by atoms with Gasteiger partial charge in [-0.3, -0.25) is 4.79 Å². The smallest absolute Gasteiger partial charge is 0.255 e. The van der Waals surface area contributed by atoms with Crippen molar-refractivity contribution >= 4 is 28.5 Å². The highest BCUT2D eigenvalue weighted by molar-refractivity contribution is 14.1. The van der Waals surface area contributed by atoms with Crippen LogP contribution in [0.25, 0.3) is 0 Å². The average molecular weight is 341 g/mol. The lowest BCUT2D eigenvalue weighted by Gasteiger charge is -2.16. The molecule has 1 aromatic carbocycles. The molecule has 0 unspecified atom stereocenters. The SMILES string of the molecule is CN(CC(F)F)C(=O)c1ccc(I)c(O)c1. The molecule has 0 saturated heterocycles. The van der Waals surface area contributed by atoms with Crippen LogP contribution < -0.4 is 0 Å². The Bertz CT molecular complexity index is 398. The van der Waals surface area contributed by atoms with Gasteiger partial charge in [0, 0.05) is 12.6 Å². The van der Waals surface area contributed by atoms with Crippen LogP contribution in [0.4, 0.5) is 8.78 Å². The number of aromatic hydroxyl groups is 1. The Kier molecular flexibility index (Phi) is 4.45. The molecule has 0 atom stereocenters. The molecule has 1 amide bonds. The molecule has 0 heterocycles. The van der Waals surface area contributed by atoms with Gasteiger partial charge in [0.05, 0.1) is 10.1 Å². The topological polar surface area (TPSA) is 40.5 Å². The highest BCUT2D eigenvalue weighted by atomic mass is 127. The van der Waals surface area contributed by atoms with E-state index < -0.39 is 18.9 Å². The number of alkyl halides is 2. The van der Waals surface area contributed by atoms with Crippen LogP contribution in [0, 0.1) is 3.57 Å². The average Bonchev–Trinajstić information content (AvgIpc) is 2.20. The molecule has 0 radical (unpaired) electrons. The van der Waals surface area contributed by atoms with Crippen molar-refractivity contribution in [3.63, 3.8) is 0 Å². The van der Waals surface area contributed by atoms with E-state index in [1.165, 1.54) is 19.2 Å². The van der Waals surface area contributed by atoms with Gasteiger partial charge in [-0.05, 0) is 40.8 Å². The summed E-state index contributed by atoms with van der Waals surface area (Å²) in [4.78, 5) is 12.5. The fourth-order valence-corrected chi connectivity index (χ4v) is 1.49. The second-order valence-electron chi connectivity index (χ2n) is 3.24. The van der Waals surface area contributed by atoms with Crippen LogP contribution in [0.2, 0.25) is 0 Å². The molecule has 3 nitrogen and oxygen atoms in total. The molecule has 0 aliphatic rings. The van der Waals surface area contributed by atoms with Crippen molar-refractivity contribution in [1.82, 2.24) is 4.90 Å². The number of phenolic OH excluding ortho intramolecular Hbond substituents is 1. The molecule has 0 saturated carbocycles. The van der Waals surface area contributed by atoms with Crippen LogP contribution in [-0.2, 0) is 0 Å². The van der Waals surface area contributed by atoms with E-state index >= 15 is 0 Å². The van der Waals surface area contributed by atoms with Gasteiger partial charge in [0.2, 0.25) is 0 Å². The normalized spacial score (nSPS) is 10.6. The van der Waals surface area contributed by atoms with E-state index in [9.17, 15) is 18.7 Å². The molecule has 0 aliphatic heterocycles. The molecule has 16 heavy (non-hydrogen) atoms. The van der Waals surface area contributed by atoms with Gasteiger partial charge in [-0.15, -0.1) is 0 Å². The van der Waals surface area contributed by atoms with E-state index in [-0.39, 0.29) is 11.3 Å². The maximum absolute atomic E-state index is 12.1. The summed E-state index contributed by atoms with van der Waals surface area (Å²) in [6.07, 6.45) is -2.56. The van der Waals surface area contributed by atoms with E-state index in [4.69, 9.17) is 0 Å². The number of carbonyl (C=O) groups is 1. The lowest BCUT2D eigenvalue weighted by atomic mass is 10.2. The zero-order chi connectivity index (χ0) is 12.3. The number of hydrogen-bond donors (Lipinski definition) is 1. The molecule has 0 bridgehead atoms. The van der Waals surface area contributed by atoms with Crippen LogP contribution in [0.1, 0.15) is 10.4 Å². The highest BCUT2D eigenvalue weighted by Crippen LogP contribution is 2.21. The van der Waals surface area contributed by atoms with Crippen LogP contribution >= 0.6 is 22.6 Å². The highest BCUT2D eigenvalue weighted by Gasteiger charge is 2.16. The Balaban J connectivity index is 2.84. The molecule has 1 rings (SSSR count). The number of benzene rings is 1. The summed E-state index contributed by atoms with van der Waals surface area (Å²) in [5.41, 5.74) is 0.195. The van der Waals surface area contributed by atoms with Gasteiger partial charge in [0.25, 0.3) is 12.3 Å². The zero-order valence-corrected chi connectivity index (χ0v) is 10.6.